The lowest BCUT2D eigenvalue weighted by atomic mass is 9.98. The molecule has 1 atom stereocenters. The molecular weight excluding hydrogens is 446 g/mol. The van der Waals surface area contributed by atoms with Crippen molar-refractivity contribution in [2.45, 2.75) is 24.7 Å². The number of methoxy groups -OCH3 is 1. The molecule has 0 saturated carbocycles. The lowest BCUT2D eigenvalue weighted by Gasteiger charge is -2.31. The zero-order valence-electron chi connectivity index (χ0n) is 17.9. The van der Waals surface area contributed by atoms with Gasteiger partial charge in [-0.1, -0.05) is 12.1 Å². The van der Waals surface area contributed by atoms with Crippen LogP contribution in [0.4, 0.5) is 5.69 Å². The predicted octanol–water partition coefficient (Wildman–Crippen LogP) is 4.17. The Kier molecular flexibility index (Phi) is 6.59. The number of benzene rings is 2. The van der Waals surface area contributed by atoms with E-state index in [4.69, 9.17) is 4.74 Å². The van der Waals surface area contributed by atoms with Crippen molar-refractivity contribution in [3.8, 4) is 17.0 Å². The third-order valence-corrected chi connectivity index (χ3v) is 8.15. The van der Waals surface area contributed by atoms with Crippen molar-refractivity contribution >= 4 is 33.0 Å². The smallest absolute Gasteiger partial charge is 0.243 e. The minimum atomic E-state index is -3.68. The summed E-state index contributed by atoms with van der Waals surface area (Å²) < 4.78 is 32.6. The van der Waals surface area contributed by atoms with Gasteiger partial charge in [0.25, 0.3) is 0 Å². The number of piperidine rings is 1. The molecule has 0 spiro atoms. The fourth-order valence-corrected chi connectivity index (χ4v) is 5.91. The molecule has 4 rings (SSSR count). The van der Waals surface area contributed by atoms with Crippen LogP contribution in [0.25, 0.3) is 11.3 Å². The number of hydrogen-bond donors (Lipinski definition) is 1. The number of amides is 1. The highest BCUT2D eigenvalue weighted by molar-refractivity contribution is 7.89. The van der Waals surface area contributed by atoms with Crippen molar-refractivity contribution < 1.29 is 17.9 Å². The Morgan fingerprint density at radius 2 is 2.00 bits per heavy atom. The van der Waals surface area contributed by atoms with E-state index in [0.29, 0.717) is 30.8 Å². The van der Waals surface area contributed by atoms with E-state index in [9.17, 15) is 13.2 Å². The van der Waals surface area contributed by atoms with Gasteiger partial charge < -0.3 is 10.1 Å². The van der Waals surface area contributed by atoms with Gasteiger partial charge in [-0.25, -0.2) is 13.4 Å². The van der Waals surface area contributed by atoms with Crippen LogP contribution in [0.1, 0.15) is 17.8 Å². The fraction of sp³-hybridized carbons (Fsp3) is 0.304. The normalized spacial score (nSPS) is 17.1. The minimum Gasteiger partial charge on any atom is -0.497 e. The maximum atomic E-state index is 13.1. The number of nitrogens with zero attached hydrogens (tertiary/aromatic N) is 2. The molecule has 3 aromatic rings. The van der Waals surface area contributed by atoms with Gasteiger partial charge in [-0.05, 0) is 56.2 Å². The van der Waals surface area contributed by atoms with Crippen LogP contribution in [-0.4, -0.2) is 43.8 Å². The zero-order chi connectivity index (χ0) is 22.7. The van der Waals surface area contributed by atoms with Gasteiger partial charge in [-0.3, -0.25) is 4.79 Å². The first kappa shape index (κ1) is 22.4. The maximum absolute atomic E-state index is 13.1. The molecule has 7 nitrogen and oxygen atoms in total. The van der Waals surface area contributed by atoms with Crippen LogP contribution in [0, 0.1) is 12.8 Å². The standard InChI is InChI=1S/C23H25N3O4S2/c1-16-24-22(15-31-16)17-5-3-7-19(13-17)25-23(27)18-6-4-12-26(14-18)32(28,29)21-10-8-20(30-2)9-11-21/h3,5,7-11,13,15,18H,4,6,12,14H2,1-2H3,(H,25,27). The quantitative estimate of drug-likeness (QED) is 0.583. The molecule has 32 heavy (non-hydrogen) atoms. The van der Waals surface area contributed by atoms with Gasteiger partial charge in [-0.2, -0.15) is 4.31 Å². The van der Waals surface area contributed by atoms with Crippen molar-refractivity contribution in [3.05, 3.63) is 58.9 Å². The molecular formula is C23H25N3O4S2. The molecule has 1 aromatic heterocycles. The molecule has 168 valence electrons. The third kappa shape index (κ3) is 4.85. The molecule has 1 saturated heterocycles. The van der Waals surface area contributed by atoms with Crippen molar-refractivity contribution in [1.29, 1.82) is 0 Å². The van der Waals surface area contributed by atoms with Crippen LogP contribution in [0.15, 0.2) is 58.8 Å². The highest BCUT2D eigenvalue weighted by atomic mass is 32.2. The summed E-state index contributed by atoms with van der Waals surface area (Å²) in [4.78, 5) is 17.6. The number of sulfonamides is 1. The first-order valence-corrected chi connectivity index (χ1v) is 12.7. The van der Waals surface area contributed by atoms with Crippen LogP contribution < -0.4 is 10.1 Å². The van der Waals surface area contributed by atoms with E-state index in [-0.39, 0.29) is 17.3 Å². The molecule has 1 N–H and O–H groups in total. The number of carbonyl (C=O) groups excluding carboxylic acids is 1. The zero-order valence-corrected chi connectivity index (χ0v) is 19.6. The van der Waals surface area contributed by atoms with E-state index in [2.05, 4.69) is 10.3 Å². The van der Waals surface area contributed by atoms with Crippen LogP contribution in [0.5, 0.6) is 5.75 Å². The SMILES string of the molecule is COc1ccc(S(=O)(=O)N2CCCC(C(=O)Nc3cccc(-c4csc(C)n4)c3)C2)cc1. The van der Waals surface area contributed by atoms with Gasteiger partial charge in [0, 0.05) is 29.7 Å². The highest BCUT2D eigenvalue weighted by Gasteiger charge is 2.33. The molecule has 2 aromatic carbocycles. The monoisotopic (exact) mass is 471 g/mol. The Morgan fingerprint density at radius 3 is 2.69 bits per heavy atom. The Morgan fingerprint density at radius 1 is 1.22 bits per heavy atom. The van der Waals surface area contributed by atoms with Gasteiger partial charge in [0.05, 0.1) is 28.6 Å². The summed E-state index contributed by atoms with van der Waals surface area (Å²) in [5, 5.41) is 5.92. The second-order valence-corrected chi connectivity index (χ2v) is 10.7. The molecule has 1 aliphatic rings. The summed E-state index contributed by atoms with van der Waals surface area (Å²) in [7, 11) is -2.14. The average Bonchev–Trinajstić information content (AvgIpc) is 3.25. The summed E-state index contributed by atoms with van der Waals surface area (Å²) >= 11 is 1.58. The lowest BCUT2D eigenvalue weighted by Crippen LogP contribution is -2.43. The molecule has 1 amide bonds. The van der Waals surface area contributed by atoms with E-state index in [1.54, 1.807) is 23.5 Å². The van der Waals surface area contributed by atoms with Crippen molar-refractivity contribution in [2.75, 3.05) is 25.5 Å². The lowest BCUT2D eigenvalue weighted by molar-refractivity contribution is -0.120. The van der Waals surface area contributed by atoms with Gasteiger partial charge in [0.15, 0.2) is 0 Å². The Bertz CT molecular complexity index is 1210. The molecule has 0 bridgehead atoms. The number of nitrogens with one attached hydrogen (secondary N) is 1. The topological polar surface area (TPSA) is 88.6 Å². The summed E-state index contributed by atoms with van der Waals surface area (Å²) in [6.45, 7) is 2.51. The number of carbonyl (C=O) groups is 1. The summed E-state index contributed by atoms with van der Waals surface area (Å²) in [5.74, 6) is 0.00285. The number of thiazole rings is 1. The van der Waals surface area contributed by atoms with Gasteiger partial charge in [0.2, 0.25) is 15.9 Å². The fourth-order valence-electron chi connectivity index (χ4n) is 3.77. The number of anilines is 1. The summed E-state index contributed by atoms with van der Waals surface area (Å²) in [5.41, 5.74) is 2.48. The van der Waals surface area contributed by atoms with Crippen LogP contribution in [0.2, 0.25) is 0 Å². The molecule has 1 fully saturated rings. The summed E-state index contributed by atoms with van der Waals surface area (Å²) in [6.07, 6.45) is 1.27. The van der Waals surface area contributed by atoms with E-state index >= 15 is 0 Å². The molecule has 0 radical (unpaired) electrons. The minimum absolute atomic E-state index is 0.158. The first-order valence-electron chi connectivity index (χ1n) is 10.3. The van der Waals surface area contributed by atoms with Crippen molar-refractivity contribution in [1.82, 2.24) is 9.29 Å². The maximum Gasteiger partial charge on any atom is 0.243 e. The number of rotatable bonds is 6. The van der Waals surface area contributed by atoms with E-state index in [1.165, 1.54) is 23.5 Å². The molecule has 1 aliphatic heterocycles. The second-order valence-electron chi connectivity index (χ2n) is 7.70. The van der Waals surface area contributed by atoms with E-state index in [1.807, 2.05) is 36.6 Å². The molecule has 2 heterocycles. The number of ether oxygens (including phenoxy) is 1. The number of hydrogen-bond acceptors (Lipinski definition) is 6. The second kappa shape index (κ2) is 9.40. The number of aryl methyl sites for hydroxylation is 1. The van der Waals surface area contributed by atoms with Gasteiger partial charge >= 0.3 is 0 Å². The molecule has 0 aliphatic carbocycles. The third-order valence-electron chi connectivity index (χ3n) is 5.50. The first-order chi connectivity index (χ1) is 15.4. The van der Waals surface area contributed by atoms with Crippen LogP contribution >= 0.6 is 11.3 Å². The largest absolute Gasteiger partial charge is 0.497 e. The predicted molar refractivity (Wildman–Crippen MR) is 125 cm³/mol. The Hall–Kier alpha value is -2.75. The Balaban J connectivity index is 1.45. The van der Waals surface area contributed by atoms with E-state index in [0.717, 1.165) is 16.3 Å². The van der Waals surface area contributed by atoms with Crippen LogP contribution in [0.3, 0.4) is 0 Å². The highest BCUT2D eigenvalue weighted by Crippen LogP contribution is 2.27. The average molecular weight is 472 g/mol. The van der Waals surface area contributed by atoms with Crippen molar-refractivity contribution in [3.63, 3.8) is 0 Å². The molecule has 1 unspecified atom stereocenters. The van der Waals surface area contributed by atoms with Gasteiger partial charge in [-0.15, -0.1) is 11.3 Å². The van der Waals surface area contributed by atoms with Gasteiger partial charge in [0.1, 0.15) is 5.75 Å². The van der Waals surface area contributed by atoms with E-state index < -0.39 is 15.9 Å². The number of aromatic nitrogens is 1. The summed E-state index contributed by atoms with van der Waals surface area (Å²) in [6, 6.07) is 13.9. The van der Waals surface area contributed by atoms with Crippen molar-refractivity contribution in [2.24, 2.45) is 5.92 Å². The Labute approximate surface area is 192 Å². The van der Waals surface area contributed by atoms with Crippen LogP contribution in [-0.2, 0) is 14.8 Å². The molecule has 9 heteroatoms.